The second-order valence-corrected chi connectivity index (χ2v) is 10.6. The van der Waals surface area contributed by atoms with Crippen LogP contribution < -0.4 is 10.5 Å². The summed E-state index contributed by atoms with van der Waals surface area (Å²) in [7, 11) is -3.44. The number of H-pyrrole nitrogens is 2. The van der Waals surface area contributed by atoms with Gasteiger partial charge in [0.1, 0.15) is 16.9 Å². The molecule has 190 valence electrons. The van der Waals surface area contributed by atoms with Crippen molar-refractivity contribution >= 4 is 37.8 Å². The molecule has 0 bridgehead atoms. The number of nitrogens with two attached hydrogens (primary N) is 1. The van der Waals surface area contributed by atoms with Crippen molar-refractivity contribution in [3.8, 4) is 34.0 Å². The van der Waals surface area contributed by atoms with Crippen LogP contribution >= 0.6 is 0 Å². The molecule has 0 saturated carbocycles. The first-order valence-corrected chi connectivity index (χ1v) is 13.3. The molecule has 0 aliphatic heterocycles. The van der Waals surface area contributed by atoms with Gasteiger partial charge in [0.15, 0.2) is 11.5 Å². The van der Waals surface area contributed by atoms with Gasteiger partial charge >= 0.3 is 0 Å². The number of hydrogen-bond donors (Lipinski definition) is 4. The molecule has 0 radical (unpaired) electrons. The number of rotatable bonds is 6. The molecule has 0 unspecified atom stereocenters. The van der Waals surface area contributed by atoms with Gasteiger partial charge in [-0.3, -0.25) is 15.1 Å². The van der Waals surface area contributed by atoms with Crippen LogP contribution in [0, 0.1) is 5.82 Å². The third-order valence-corrected chi connectivity index (χ3v) is 6.53. The van der Waals surface area contributed by atoms with Gasteiger partial charge in [-0.05, 0) is 48.0 Å². The molecule has 0 atom stereocenters. The van der Waals surface area contributed by atoms with Gasteiger partial charge in [-0.1, -0.05) is 0 Å². The van der Waals surface area contributed by atoms with Crippen LogP contribution in [-0.2, 0) is 16.6 Å². The minimum Gasteiger partial charge on any atom is -0.397 e. The molecule has 6 rings (SSSR count). The molecule has 0 aliphatic carbocycles. The van der Waals surface area contributed by atoms with Crippen molar-refractivity contribution in [2.24, 2.45) is 0 Å². The van der Waals surface area contributed by atoms with Crippen LogP contribution in [0.25, 0.3) is 56.1 Å². The third kappa shape index (κ3) is 4.55. The Morgan fingerprint density at radius 1 is 0.974 bits per heavy atom. The van der Waals surface area contributed by atoms with Gasteiger partial charge < -0.3 is 10.7 Å². The number of anilines is 1. The maximum absolute atomic E-state index is 14.5. The SMILES string of the molecule is CS(=O)(=O)NCc1cc(F)cc(-c2nccc3[nH]c(-c4n[nH]c5ccc(-c6cncc(N)c6)nc45)nc23)c1. The van der Waals surface area contributed by atoms with Crippen LogP contribution in [0.1, 0.15) is 5.56 Å². The normalized spacial score (nSPS) is 11.9. The van der Waals surface area contributed by atoms with Crippen molar-refractivity contribution in [3.05, 3.63) is 72.4 Å². The molecule has 5 aromatic heterocycles. The Labute approximate surface area is 215 Å². The van der Waals surface area contributed by atoms with Crippen molar-refractivity contribution in [3.63, 3.8) is 0 Å². The minimum atomic E-state index is -3.44. The molecule has 0 spiro atoms. The Morgan fingerprint density at radius 3 is 2.63 bits per heavy atom. The smallest absolute Gasteiger partial charge is 0.209 e. The summed E-state index contributed by atoms with van der Waals surface area (Å²) in [6.45, 7) is -0.0543. The van der Waals surface area contributed by atoms with E-state index in [-0.39, 0.29) is 6.54 Å². The Bertz CT molecular complexity index is 1950. The van der Waals surface area contributed by atoms with E-state index in [9.17, 15) is 12.8 Å². The zero-order valence-electron chi connectivity index (χ0n) is 19.9. The maximum Gasteiger partial charge on any atom is 0.209 e. The van der Waals surface area contributed by atoms with E-state index in [1.165, 1.54) is 12.1 Å². The number of sulfonamides is 1. The van der Waals surface area contributed by atoms with Gasteiger partial charge in [0.2, 0.25) is 10.0 Å². The lowest BCUT2D eigenvalue weighted by Gasteiger charge is -2.07. The number of aromatic nitrogens is 7. The van der Waals surface area contributed by atoms with Gasteiger partial charge in [0.05, 0.1) is 34.4 Å². The minimum absolute atomic E-state index is 0.0543. The summed E-state index contributed by atoms with van der Waals surface area (Å²) >= 11 is 0. The van der Waals surface area contributed by atoms with Gasteiger partial charge in [0, 0.05) is 36.3 Å². The largest absolute Gasteiger partial charge is 0.397 e. The molecule has 0 aliphatic rings. The van der Waals surface area contributed by atoms with Crippen LogP contribution in [0.4, 0.5) is 10.1 Å². The molecule has 5 N–H and O–H groups in total. The summed E-state index contributed by atoms with van der Waals surface area (Å²) in [6.07, 6.45) is 5.88. The standard InChI is InChI=1S/C25H20FN9O2S/c1-38(36,37)30-10-13-6-14(8-16(26)7-13)21-22-19(4-5-29-21)32-25(33-22)24-23-20(34-35-24)3-2-18(31-23)15-9-17(27)12-28-11-15/h2-9,11-12,30H,10,27H2,1H3,(H,32,33)(H,34,35). The first-order valence-electron chi connectivity index (χ1n) is 11.4. The van der Waals surface area contributed by atoms with Crippen LogP contribution in [0.15, 0.2) is 61.1 Å². The van der Waals surface area contributed by atoms with Crippen molar-refractivity contribution in [2.75, 3.05) is 12.0 Å². The van der Waals surface area contributed by atoms with Crippen molar-refractivity contribution in [2.45, 2.75) is 6.54 Å². The summed E-state index contributed by atoms with van der Waals surface area (Å²) < 4.78 is 39.8. The summed E-state index contributed by atoms with van der Waals surface area (Å²) in [5, 5.41) is 7.40. The number of pyridine rings is 3. The molecule has 38 heavy (non-hydrogen) atoms. The van der Waals surface area contributed by atoms with Crippen LogP contribution in [-0.4, -0.2) is 49.8 Å². The maximum atomic E-state index is 14.5. The van der Waals surface area contributed by atoms with Crippen molar-refractivity contribution in [1.82, 2.24) is 39.8 Å². The monoisotopic (exact) mass is 529 g/mol. The molecular formula is C25H20FN9O2S. The number of fused-ring (bicyclic) bond motifs is 2. The average Bonchev–Trinajstić information content (AvgIpc) is 3.50. The van der Waals surface area contributed by atoms with E-state index in [2.05, 4.69) is 29.9 Å². The molecule has 13 heteroatoms. The number of imidazole rings is 1. The van der Waals surface area contributed by atoms with Gasteiger partial charge in [0.25, 0.3) is 0 Å². The van der Waals surface area contributed by atoms with E-state index in [4.69, 9.17) is 15.7 Å². The fourth-order valence-electron chi connectivity index (χ4n) is 4.18. The average molecular weight is 530 g/mol. The molecule has 5 heterocycles. The number of nitrogen functional groups attached to an aromatic ring is 1. The van der Waals surface area contributed by atoms with Gasteiger partial charge in [-0.2, -0.15) is 5.10 Å². The lowest BCUT2D eigenvalue weighted by molar-refractivity contribution is 0.586. The first-order chi connectivity index (χ1) is 18.2. The Balaban J connectivity index is 1.43. The van der Waals surface area contributed by atoms with E-state index in [0.717, 1.165) is 11.8 Å². The number of nitrogens with zero attached hydrogens (tertiary/aromatic N) is 5. The molecule has 0 saturated heterocycles. The Kier molecular flexibility index (Phi) is 5.58. The molecule has 0 amide bonds. The zero-order chi connectivity index (χ0) is 26.4. The van der Waals surface area contributed by atoms with Crippen molar-refractivity contribution in [1.29, 1.82) is 0 Å². The van der Waals surface area contributed by atoms with E-state index in [1.54, 1.807) is 36.8 Å². The summed E-state index contributed by atoms with van der Waals surface area (Å²) in [5.41, 5.74) is 12.2. The summed E-state index contributed by atoms with van der Waals surface area (Å²) in [4.78, 5) is 21.3. The molecular weight excluding hydrogens is 509 g/mol. The van der Waals surface area contributed by atoms with Crippen LogP contribution in [0.5, 0.6) is 0 Å². The zero-order valence-corrected chi connectivity index (χ0v) is 20.7. The number of benzene rings is 1. The van der Waals surface area contributed by atoms with E-state index in [0.29, 0.717) is 61.8 Å². The van der Waals surface area contributed by atoms with Crippen molar-refractivity contribution < 1.29 is 12.8 Å². The predicted octanol–water partition coefficient (Wildman–Crippen LogP) is 3.40. The second-order valence-electron chi connectivity index (χ2n) is 8.75. The first kappa shape index (κ1) is 23.6. The topological polar surface area (TPSA) is 168 Å². The molecule has 11 nitrogen and oxygen atoms in total. The summed E-state index contributed by atoms with van der Waals surface area (Å²) in [6, 6.07) is 11.5. The molecule has 6 aromatic rings. The Hall–Kier alpha value is -4.75. The van der Waals surface area contributed by atoms with E-state index < -0.39 is 15.8 Å². The predicted molar refractivity (Wildman–Crippen MR) is 141 cm³/mol. The second kappa shape index (κ2) is 8.97. The molecule has 0 fully saturated rings. The van der Waals surface area contributed by atoms with Crippen LogP contribution in [0.3, 0.4) is 0 Å². The quantitative estimate of drug-likeness (QED) is 0.254. The van der Waals surface area contributed by atoms with Gasteiger partial charge in [-0.15, -0.1) is 0 Å². The highest BCUT2D eigenvalue weighted by Gasteiger charge is 2.18. The number of nitrogens with one attached hydrogen (secondary N) is 3. The number of hydrogen-bond acceptors (Lipinski definition) is 8. The van der Waals surface area contributed by atoms with E-state index >= 15 is 0 Å². The lowest BCUT2D eigenvalue weighted by Crippen LogP contribution is -2.21. The highest BCUT2D eigenvalue weighted by Crippen LogP contribution is 2.31. The molecule has 1 aromatic carbocycles. The number of aromatic amines is 2. The number of halogens is 1. The fourth-order valence-corrected chi connectivity index (χ4v) is 4.61. The highest BCUT2D eigenvalue weighted by molar-refractivity contribution is 7.88. The van der Waals surface area contributed by atoms with Gasteiger partial charge in [-0.25, -0.2) is 27.5 Å². The third-order valence-electron chi connectivity index (χ3n) is 5.86. The van der Waals surface area contributed by atoms with E-state index in [1.807, 2.05) is 12.1 Å². The Morgan fingerprint density at radius 2 is 1.82 bits per heavy atom. The lowest BCUT2D eigenvalue weighted by atomic mass is 10.1. The van der Waals surface area contributed by atoms with Crippen LogP contribution in [0.2, 0.25) is 0 Å². The highest BCUT2D eigenvalue weighted by atomic mass is 32.2. The fraction of sp³-hybridized carbons (Fsp3) is 0.0800. The summed E-state index contributed by atoms with van der Waals surface area (Å²) in [5.74, 6) is -0.0698.